The Labute approximate surface area is 79.7 Å². The topological polar surface area (TPSA) is 44.2 Å². The summed E-state index contributed by atoms with van der Waals surface area (Å²) in [7, 11) is 0. The van der Waals surface area contributed by atoms with Crippen molar-refractivity contribution in [2.45, 2.75) is 13.0 Å². The second kappa shape index (κ2) is 4.24. The van der Waals surface area contributed by atoms with Crippen LogP contribution < -0.4 is 9.47 Å². The van der Waals surface area contributed by atoms with Gasteiger partial charge >= 0.3 is 13.0 Å². The van der Waals surface area contributed by atoms with E-state index in [4.69, 9.17) is 0 Å². The molecule has 0 saturated heterocycles. The van der Waals surface area contributed by atoms with Crippen molar-refractivity contribution in [3.05, 3.63) is 12.4 Å². The Morgan fingerprint density at radius 3 is 2.27 bits per heavy atom. The lowest BCUT2D eigenvalue weighted by atomic mass is 10.7. The van der Waals surface area contributed by atoms with Crippen molar-refractivity contribution in [3.8, 4) is 11.8 Å². The Balaban J connectivity index is 2.74. The first-order valence-corrected chi connectivity index (χ1v) is 3.39. The maximum atomic E-state index is 11.7. The standard InChI is InChI=1S/C6H3F5N2O2/c7-5(8)14-3-1-12-2-4(13-3)15-6(9,10)11/h1-2,5H. The van der Waals surface area contributed by atoms with Crippen LogP contribution in [0.5, 0.6) is 11.8 Å². The molecule has 84 valence electrons. The van der Waals surface area contributed by atoms with Gasteiger partial charge in [0.15, 0.2) is 0 Å². The molecule has 1 rings (SSSR count). The molecule has 0 radical (unpaired) electrons. The highest BCUT2D eigenvalue weighted by molar-refractivity contribution is 5.12. The molecule has 0 saturated carbocycles. The fraction of sp³-hybridized carbons (Fsp3) is 0.333. The summed E-state index contributed by atoms with van der Waals surface area (Å²) < 4.78 is 65.3. The normalized spacial score (nSPS) is 11.6. The van der Waals surface area contributed by atoms with E-state index in [1.165, 1.54) is 0 Å². The Hall–Kier alpha value is -1.67. The smallest absolute Gasteiger partial charge is 0.415 e. The van der Waals surface area contributed by atoms with E-state index in [1.54, 1.807) is 0 Å². The van der Waals surface area contributed by atoms with Gasteiger partial charge in [-0.05, 0) is 0 Å². The molecular weight excluding hydrogens is 227 g/mol. The number of rotatable bonds is 3. The van der Waals surface area contributed by atoms with Crippen LogP contribution in [0.1, 0.15) is 0 Å². The molecule has 1 aromatic rings. The Morgan fingerprint density at radius 2 is 1.73 bits per heavy atom. The molecule has 0 fully saturated rings. The Kier molecular flexibility index (Phi) is 3.22. The zero-order valence-corrected chi connectivity index (χ0v) is 6.83. The molecule has 0 spiro atoms. The van der Waals surface area contributed by atoms with Gasteiger partial charge in [0.2, 0.25) is 11.8 Å². The highest BCUT2D eigenvalue weighted by atomic mass is 19.4. The van der Waals surface area contributed by atoms with Gasteiger partial charge < -0.3 is 9.47 Å². The summed E-state index contributed by atoms with van der Waals surface area (Å²) in [6, 6.07) is 0. The van der Waals surface area contributed by atoms with Gasteiger partial charge in [0.1, 0.15) is 0 Å². The van der Waals surface area contributed by atoms with E-state index in [9.17, 15) is 22.0 Å². The highest BCUT2D eigenvalue weighted by Crippen LogP contribution is 2.21. The minimum absolute atomic E-state index is 0.617. The van der Waals surface area contributed by atoms with Gasteiger partial charge in [-0.2, -0.15) is 13.8 Å². The van der Waals surface area contributed by atoms with Crippen LogP contribution in [0.15, 0.2) is 12.4 Å². The third kappa shape index (κ3) is 4.38. The summed E-state index contributed by atoms with van der Waals surface area (Å²) in [6.45, 7) is -3.19. The fourth-order valence-electron chi connectivity index (χ4n) is 0.647. The van der Waals surface area contributed by atoms with Crippen LogP contribution in [0.25, 0.3) is 0 Å². The third-order valence-corrected chi connectivity index (χ3v) is 1.02. The van der Waals surface area contributed by atoms with Gasteiger partial charge in [0, 0.05) is 0 Å². The summed E-state index contributed by atoms with van der Waals surface area (Å²) in [5.74, 6) is -1.73. The van der Waals surface area contributed by atoms with Gasteiger partial charge in [-0.25, -0.2) is 0 Å². The highest BCUT2D eigenvalue weighted by Gasteiger charge is 2.32. The maximum Gasteiger partial charge on any atom is 0.574 e. The molecule has 0 atom stereocenters. The van der Waals surface area contributed by atoms with E-state index < -0.39 is 24.7 Å². The number of halogens is 5. The zero-order chi connectivity index (χ0) is 11.5. The minimum Gasteiger partial charge on any atom is -0.415 e. The second-order valence-electron chi connectivity index (χ2n) is 2.12. The van der Waals surface area contributed by atoms with Gasteiger partial charge in [0.05, 0.1) is 12.4 Å². The van der Waals surface area contributed by atoms with Crippen molar-refractivity contribution < 1.29 is 31.4 Å². The van der Waals surface area contributed by atoms with E-state index in [0.29, 0.717) is 6.20 Å². The van der Waals surface area contributed by atoms with Crippen LogP contribution in [0, 0.1) is 0 Å². The Morgan fingerprint density at radius 1 is 1.13 bits per heavy atom. The molecule has 9 heteroatoms. The fourth-order valence-corrected chi connectivity index (χ4v) is 0.647. The number of nitrogens with zero attached hydrogens (tertiary/aromatic N) is 2. The average molecular weight is 230 g/mol. The Bertz CT molecular complexity index is 330. The average Bonchev–Trinajstić information content (AvgIpc) is 1.99. The van der Waals surface area contributed by atoms with Crippen molar-refractivity contribution in [1.29, 1.82) is 0 Å². The van der Waals surface area contributed by atoms with E-state index in [-0.39, 0.29) is 0 Å². The van der Waals surface area contributed by atoms with E-state index in [2.05, 4.69) is 19.4 Å². The molecule has 4 nitrogen and oxygen atoms in total. The lowest BCUT2D eigenvalue weighted by Gasteiger charge is -2.08. The summed E-state index contributed by atoms with van der Waals surface area (Å²) in [5.41, 5.74) is 0. The third-order valence-electron chi connectivity index (χ3n) is 1.02. The molecule has 0 N–H and O–H groups in total. The monoisotopic (exact) mass is 230 g/mol. The molecule has 15 heavy (non-hydrogen) atoms. The number of hydrogen-bond acceptors (Lipinski definition) is 4. The van der Waals surface area contributed by atoms with Gasteiger partial charge in [-0.3, -0.25) is 4.98 Å². The predicted molar refractivity (Wildman–Crippen MR) is 35.3 cm³/mol. The molecule has 1 heterocycles. The first kappa shape index (κ1) is 11.4. The summed E-state index contributed by atoms with van der Waals surface area (Å²) >= 11 is 0. The quantitative estimate of drug-likeness (QED) is 0.744. The summed E-state index contributed by atoms with van der Waals surface area (Å²) in [4.78, 5) is 6.17. The number of ether oxygens (including phenoxy) is 2. The van der Waals surface area contributed by atoms with Crippen molar-refractivity contribution in [3.63, 3.8) is 0 Å². The molecule has 0 aliphatic heterocycles. The molecular formula is C6H3F5N2O2. The van der Waals surface area contributed by atoms with Gasteiger partial charge in [-0.1, -0.05) is 0 Å². The van der Waals surface area contributed by atoms with Crippen LogP contribution >= 0.6 is 0 Å². The molecule has 1 aromatic heterocycles. The van der Waals surface area contributed by atoms with Gasteiger partial charge in [-0.15, -0.1) is 13.2 Å². The molecule has 0 aliphatic rings. The van der Waals surface area contributed by atoms with Crippen LogP contribution in [0.4, 0.5) is 22.0 Å². The zero-order valence-electron chi connectivity index (χ0n) is 6.83. The van der Waals surface area contributed by atoms with Crippen LogP contribution in [0.3, 0.4) is 0 Å². The van der Waals surface area contributed by atoms with Crippen LogP contribution in [-0.2, 0) is 0 Å². The van der Waals surface area contributed by atoms with Crippen molar-refractivity contribution >= 4 is 0 Å². The van der Waals surface area contributed by atoms with E-state index >= 15 is 0 Å². The summed E-state index contributed by atoms with van der Waals surface area (Å²) in [5, 5.41) is 0. The molecule has 0 amide bonds. The number of aromatic nitrogens is 2. The van der Waals surface area contributed by atoms with E-state index in [1.807, 2.05) is 0 Å². The molecule has 0 unspecified atom stereocenters. The van der Waals surface area contributed by atoms with Crippen molar-refractivity contribution in [2.24, 2.45) is 0 Å². The largest absolute Gasteiger partial charge is 0.574 e. The lowest BCUT2D eigenvalue weighted by Crippen LogP contribution is -2.18. The van der Waals surface area contributed by atoms with Crippen molar-refractivity contribution in [1.82, 2.24) is 9.97 Å². The first-order valence-electron chi connectivity index (χ1n) is 3.39. The van der Waals surface area contributed by atoms with E-state index in [0.717, 1.165) is 6.20 Å². The molecule has 0 bridgehead atoms. The predicted octanol–water partition coefficient (Wildman–Crippen LogP) is 1.98. The minimum atomic E-state index is -4.96. The SMILES string of the molecule is FC(F)Oc1cncc(OC(F)(F)F)n1. The summed E-state index contributed by atoms with van der Waals surface area (Å²) in [6.07, 6.45) is -3.61. The second-order valence-corrected chi connectivity index (χ2v) is 2.12. The number of hydrogen-bond donors (Lipinski definition) is 0. The lowest BCUT2D eigenvalue weighted by molar-refractivity contribution is -0.276. The number of alkyl halides is 5. The van der Waals surface area contributed by atoms with Crippen molar-refractivity contribution in [2.75, 3.05) is 0 Å². The molecule has 0 aliphatic carbocycles. The van der Waals surface area contributed by atoms with Crippen LogP contribution in [-0.4, -0.2) is 22.9 Å². The maximum absolute atomic E-state index is 11.7. The van der Waals surface area contributed by atoms with Gasteiger partial charge in [0.25, 0.3) is 0 Å². The molecule has 0 aromatic carbocycles. The van der Waals surface area contributed by atoms with Crippen LogP contribution in [0.2, 0.25) is 0 Å². The first-order chi connectivity index (χ1) is 6.87.